The molecule has 0 bridgehead atoms. The molecule has 0 spiro atoms. The largest absolute Gasteiger partial charge is 0.384 e. The first-order chi connectivity index (χ1) is 7.93. The molecular formula is C13H19N3. The van der Waals surface area contributed by atoms with Crippen LogP contribution >= 0.6 is 0 Å². The van der Waals surface area contributed by atoms with E-state index in [9.17, 15) is 0 Å². The van der Waals surface area contributed by atoms with Crippen molar-refractivity contribution in [1.29, 1.82) is 0 Å². The molecule has 86 valence electrons. The maximum atomic E-state index is 4.45. The highest BCUT2D eigenvalue weighted by atomic mass is 14.9. The highest BCUT2D eigenvalue weighted by Crippen LogP contribution is 2.27. The summed E-state index contributed by atoms with van der Waals surface area (Å²) in [6, 6.07) is 2.13. The van der Waals surface area contributed by atoms with Crippen LogP contribution < -0.4 is 10.6 Å². The second-order valence-electron chi connectivity index (χ2n) is 4.88. The van der Waals surface area contributed by atoms with Crippen LogP contribution in [0.3, 0.4) is 0 Å². The minimum absolute atomic E-state index is 0.796. The van der Waals surface area contributed by atoms with Crippen LogP contribution in [0.4, 0.5) is 5.69 Å². The number of nitrogens with zero attached hydrogens (tertiary/aromatic N) is 1. The van der Waals surface area contributed by atoms with Crippen molar-refractivity contribution in [2.24, 2.45) is 5.92 Å². The number of nitrogens with one attached hydrogen (secondary N) is 2. The van der Waals surface area contributed by atoms with Gasteiger partial charge in [0.1, 0.15) is 0 Å². The van der Waals surface area contributed by atoms with Crippen LogP contribution in [0.15, 0.2) is 12.3 Å². The van der Waals surface area contributed by atoms with Crippen LogP contribution in [-0.4, -0.2) is 24.6 Å². The molecule has 0 saturated carbocycles. The Balaban J connectivity index is 1.67. The molecule has 3 heteroatoms. The first kappa shape index (κ1) is 10.1. The van der Waals surface area contributed by atoms with E-state index < -0.39 is 0 Å². The lowest BCUT2D eigenvalue weighted by Gasteiger charge is -2.14. The summed E-state index contributed by atoms with van der Waals surface area (Å²) in [5, 5.41) is 7.02. The minimum Gasteiger partial charge on any atom is -0.384 e. The Kier molecular flexibility index (Phi) is 2.79. The molecule has 0 amide bonds. The van der Waals surface area contributed by atoms with Gasteiger partial charge in [0.25, 0.3) is 0 Å². The average molecular weight is 217 g/mol. The SMILES string of the molecule is c1cc(NCC2CCNC2)c2c(n1)CCC2. The zero-order valence-electron chi connectivity index (χ0n) is 9.63. The van der Waals surface area contributed by atoms with Gasteiger partial charge in [0, 0.05) is 24.1 Å². The second-order valence-corrected chi connectivity index (χ2v) is 4.88. The summed E-state index contributed by atoms with van der Waals surface area (Å²) in [6.45, 7) is 3.45. The predicted octanol–water partition coefficient (Wildman–Crippen LogP) is 1.59. The zero-order chi connectivity index (χ0) is 10.8. The molecule has 3 rings (SSSR count). The molecule has 0 radical (unpaired) electrons. The fraction of sp³-hybridized carbons (Fsp3) is 0.615. The van der Waals surface area contributed by atoms with Crippen LogP contribution in [0.5, 0.6) is 0 Å². The maximum Gasteiger partial charge on any atom is 0.0456 e. The summed E-state index contributed by atoms with van der Waals surface area (Å²) >= 11 is 0. The minimum atomic E-state index is 0.796. The van der Waals surface area contributed by atoms with Crippen molar-refractivity contribution in [1.82, 2.24) is 10.3 Å². The summed E-state index contributed by atoms with van der Waals surface area (Å²) in [5.74, 6) is 0.796. The van der Waals surface area contributed by atoms with E-state index >= 15 is 0 Å². The lowest BCUT2D eigenvalue weighted by Crippen LogP contribution is -2.17. The Morgan fingerprint density at radius 1 is 1.44 bits per heavy atom. The zero-order valence-corrected chi connectivity index (χ0v) is 9.63. The fourth-order valence-corrected chi connectivity index (χ4v) is 2.77. The van der Waals surface area contributed by atoms with Crippen LogP contribution in [0.2, 0.25) is 0 Å². The van der Waals surface area contributed by atoms with Gasteiger partial charge in [-0.15, -0.1) is 0 Å². The van der Waals surface area contributed by atoms with Gasteiger partial charge in [0.05, 0.1) is 0 Å². The van der Waals surface area contributed by atoms with Crippen molar-refractivity contribution in [3.8, 4) is 0 Å². The van der Waals surface area contributed by atoms with E-state index in [4.69, 9.17) is 0 Å². The van der Waals surface area contributed by atoms with Crippen molar-refractivity contribution in [3.63, 3.8) is 0 Å². The first-order valence-corrected chi connectivity index (χ1v) is 6.35. The van der Waals surface area contributed by atoms with E-state index in [1.165, 1.54) is 49.3 Å². The van der Waals surface area contributed by atoms with Crippen LogP contribution in [0.1, 0.15) is 24.1 Å². The molecule has 1 aromatic rings. The van der Waals surface area contributed by atoms with E-state index in [2.05, 4.69) is 21.7 Å². The average Bonchev–Trinajstić information content (AvgIpc) is 2.97. The van der Waals surface area contributed by atoms with Crippen LogP contribution in [0.25, 0.3) is 0 Å². The van der Waals surface area contributed by atoms with Crippen molar-refractivity contribution in [2.75, 3.05) is 25.0 Å². The molecule has 1 atom stereocenters. The first-order valence-electron chi connectivity index (χ1n) is 6.35. The van der Waals surface area contributed by atoms with Crippen LogP contribution in [0, 0.1) is 5.92 Å². The highest BCUT2D eigenvalue weighted by Gasteiger charge is 2.18. The summed E-state index contributed by atoms with van der Waals surface area (Å²) in [4.78, 5) is 4.45. The van der Waals surface area contributed by atoms with Crippen LogP contribution in [-0.2, 0) is 12.8 Å². The second kappa shape index (κ2) is 4.42. The lowest BCUT2D eigenvalue weighted by molar-refractivity contribution is 0.615. The van der Waals surface area contributed by atoms with Gasteiger partial charge in [-0.25, -0.2) is 0 Å². The number of hydrogen-bond donors (Lipinski definition) is 2. The molecule has 3 nitrogen and oxygen atoms in total. The molecule has 2 N–H and O–H groups in total. The number of anilines is 1. The van der Waals surface area contributed by atoms with Crippen molar-refractivity contribution >= 4 is 5.69 Å². The van der Waals surface area contributed by atoms with Gasteiger partial charge in [-0.1, -0.05) is 0 Å². The molecule has 1 aliphatic heterocycles. The Morgan fingerprint density at radius 3 is 3.31 bits per heavy atom. The van der Waals surface area contributed by atoms with E-state index in [1.54, 1.807) is 0 Å². The molecule has 0 aromatic carbocycles. The van der Waals surface area contributed by atoms with Gasteiger partial charge < -0.3 is 10.6 Å². The summed E-state index contributed by atoms with van der Waals surface area (Å²) in [5.41, 5.74) is 4.11. The molecule has 1 aliphatic carbocycles. The normalized spacial score (nSPS) is 23.4. The Bertz CT molecular complexity index is 369. The third-order valence-electron chi connectivity index (χ3n) is 3.73. The third kappa shape index (κ3) is 1.92. The molecule has 1 aromatic heterocycles. The molecule has 16 heavy (non-hydrogen) atoms. The lowest BCUT2D eigenvalue weighted by atomic mass is 10.1. The number of fused-ring (bicyclic) bond motifs is 1. The van der Waals surface area contributed by atoms with E-state index in [1.807, 2.05) is 6.20 Å². The Hall–Kier alpha value is -1.09. The molecular weight excluding hydrogens is 198 g/mol. The van der Waals surface area contributed by atoms with Gasteiger partial charge in [0.2, 0.25) is 0 Å². The topological polar surface area (TPSA) is 37.0 Å². The summed E-state index contributed by atoms with van der Waals surface area (Å²) < 4.78 is 0. The number of aromatic nitrogens is 1. The molecule has 2 heterocycles. The summed E-state index contributed by atoms with van der Waals surface area (Å²) in [7, 11) is 0. The monoisotopic (exact) mass is 217 g/mol. The van der Waals surface area contributed by atoms with Crippen molar-refractivity contribution < 1.29 is 0 Å². The quantitative estimate of drug-likeness (QED) is 0.807. The number of rotatable bonds is 3. The highest BCUT2D eigenvalue weighted by molar-refractivity contribution is 5.54. The Morgan fingerprint density at radius 2 is 2.44 bits per heavy atom. The Labute approximate surface area is 96.7 Å². The maximum absolute atomic E-state index is 4.45. The van der Waals surface area contributed by atoms with Gasteiger partial charge in [-0.2, -0.15) is 0 Å². The van der Waals surface area contributed by atoms with Gasteiger partial charge >= 0.3 is 0 Å². The van der Waals surface area contributed by atoms with Crippen molar-refractivity contribution in [3.05, 3.63) is 23.5 Å². The third-order valence-corrected chi connectivity index (χ3v) is 3.73. The molecule has 1 fully saturated rings. The van der Waals surface area contributed by atoms with Gasteiger partial charge in [-0.3, -0.25) is 4.98 Å². The van der Waals surface area contributed by atoms with E-state index in [0.29, 0.717) is 0 Å². The number of hydrogen-bond acceptors (Lipinski definition) is 3. The predicted molar refractivity (Wildman–Crippen MR) is 65.7 cm³/mol. The van der Waals surface area contributed by atoms with Gasteiger partial charge in [-0.05, 0) is 56.3 Å². The molecule has 2 aliphatic rings. The molecule has 1 saturated heterocycles. The molecule has 1 unspecified atom stereocenters. The van der Waals surface area contributed by atoms with Crippen molar-refractivity contribution in [2.45, 2.75) is 25.7 Å². The smallest absolute Gasteiger partial charge is 0.0456 e. The summed E-state index contributed by atoms with van der Waals surface area (Å²) in [6.07, 6.45) is 6.88. The van der Waals surface area contributed by atoms with Gasteiger partial charge in [0.15, 0.2) is 0 Å². The standard InChI is InChI=1S/C13H19N3/c1-2-11-12(3-1)15-7-5-13(11)16-9-10-4-6-14-8-10/h5,7,10,14H,1-4,6,8-9H2,(H,15,16). The van der Waals surface area contributed by atoms with E-state index in [-0.39, 0.29) is 0 Å². The number of pyridine rings is 1. The van der Waals surface area contributed by atoms with E-state index in [0.717, 1.165) is 18.9 Å². The number of aryl methyl sites for hydroxylation is 1. The fourth-order valence-electron chi connectivity index (χ4n) is 2.77.